The minimum absolute atomic E-state index is 0.144. The standard InChI is InChI=1S/C16H11BrN2OS/c17-12-8-6-11(7-9-12)10-14-15(20)19(16(21)18-14)13-4-2-1-3-5-13/h1-10H,(H,18,21)/b14-10+. The van der Waals surface area contributed by atoms with E-state index in [0.717, 1.165) is 15.7 Å². The summed E-state index contributed by atoms with van der Waals surface area (Å²) < 4.78 is 0.997. The Kier molecular flexibility index (Phi) is 3.86. The number of nitrogens with one attached hydrogen (secondary N) is 1. The van der Waals surface area contributed by atoms with Crippen molar-refractivity contribution in [3.05, 3.63) is 70.3 Å². The molecule has 1 amide bonds. The van der Waals surface area contributed by atoms with Crippen LogP contribution in [0.25, 0.3) is 6.08 Å². The fourth-order valence-electron chi connectivity index (χ4n) is 2.07. The second-order valence-electron chi connectivity index (χ2n) is 4.52. The number of halogens is 1. The van der Waals surface area contributed by atoms with Crippen molar-refractivity contribution in [3.63, 3.8) is 0 Å². The van der Waals surface area contributed by atoms with Gasteiger partial charge in [-0.3, -0.25) is 9.69 Å². The largest absolute Gasteiger partial charge is 0.327 e. The summed E-state index contributed by atoms with van der Waals surface area (Å²) in [6.07, 6.45) is 1.80. The molecular formula is C16H11BrN2OS. The third kappa shape index (κ3) is 2.89. The summed E-state index contributed by atoms with van der Waals surface area (Å²) in [5.41, 5.74) is 2.18. The average Bonchev–Trinajstić information content (AvgIpc) is 2.77. The fraction of sp³-hybridized carbons (Fsp3) is 0. The number of nitrogens with zero attached hydrogens (tertiary/aromatic N) is 1. The molecular weight excluding hydrogens is 348 g/mol. The molecule has 0 radical (unpaired) electrons. The molecule has 1 fully saturated rings. The van der Waals surface area contributed by atoms with E-state index in [-0.39, 0.29) is 5.91 Å². The Morgan fingerprint density at radius 3 is 2.38 bits per heavy atom. The molecule has 1 saturated heterocycles. The Morgan fingerprint density at radius 1 is 1.05 bits per heavy atom. The summed E-state index contributed by atoms with van der Waals surface area (Å²) in [5.74, 6) is -0.144. The summed E-state index contributed by atoms with van der Waals surface area (Å²) >= 11 is 8.65. The molecule has 0 bridgehead atoms. The van der Waals surface area contributed by atoms with Crippen LogP contribution in [0.2, 0.25) is 0 Å². The Morgan fingerprint density at radius 2 is 1.71 bits per heavy atom. The van der Waals surface area contributed by atoms with Gasteiger partial charge in [-0.05, 0) is 48.1 Å². The molecule has 3 nitrogen and oxygen atoms in total. The van der Waals surface area contributed by atoms with E-state index in [1.807, 2.05) is 54.6 Å². The summed E-state index contributed by atoms with van der Waals surface area (Å²) in [4.78, 5) is 14.0. The normalized spacial score (nSPS) is 16.4. The van der Waals surface area contributed by atoms with E-state index in [1.165, 1.54) is 4.90 Å². The van der Waals surface area contributed by atoms with E-state index >= 15 is 0 Å². The smallest absolute Gasteiger partial charge is 0.281 e. The number of hydrogen-bond donors (Lipinski definition) is 1. The molecule has 0 atom stereocenters. The zero-order valence-electron chi connectivity index (χ0n) is 10.9. The molecule has 1 aliphatic rings. The van der Waals surface area contributed by atoms with Gasteiger partial charge in [0.25, 0.3) is 5.91 Å². The molecule has 3 rings (SSSR count). The molecule has 104 valence electrons. The third-order valence-corrected chi connectivity index (χ3v) is 3.89. The highest BCUT2D eigenvalue weighted by Crippen LogP contribution is 2.22. The van der Waals surface area contributed by atoms with E-state index in [1.54, 1.807) is 6.08 Å². The fourth-order valence-corrected chi connectivity index (χ4v) is 2.63. The zero-order valence-corrected chi connectivity index (χ0v) is 13.3. The van der Waals surface area contributed by atoms with Gasteiger partial charge in [-0.15, -0.1) is 0 Å². The topological polar surface area (TPSA) is 32.3 Å². The molecule has 0 spiro atoms. The second kappa shape index (κ2) is 5.79. The minimum atomic E-state index is -0.144. The van der Waals surface area contributed by atoms with Gasteiger partial charge >= 0.3 is 0 Å². The van der Waals surface area contributed by atoms with Gasteiger partial charge in [-0.1, -0.05) is 46.3 Å². The Hall–Kier alpha value is -1.98. The van der Waals surface area contributed by atoms with Crippen molar-refractivity contribution in [3.8, 4) is 0 Å². The van der Waals surface area contributed by atoms with Crippen molar-refractivity contribution in [2.75, 3.05) is 4.90 Å². The van der Waals surface area contributed by atoms with E-state index in [0.29, 0.717) is 10.8 Å². The first-order valence-electron chi connectivity index (χ1n) is 6.33. The third-order valence-electron chi connectivity index (χ3n) is 3.07. The summed E-state index contributed by atoms with van der Waals surface area (Å²) in [5, 5.41) is 3.37. The number of carbonyl (C=O) groups is 1. The zero-order chi connectivity index (χ0) is 14.8. The maximum atomic E-state index is 12.5. The molecule has 1 heterocycles. The Bertz CT molecular complexity index is 726. The number of thiocarbonyl (C=S) groups is 1. The molecule has 0 unspecified atom stereocenters. The average molecular weight is 359 g/mol. The van der Waals surface area contributed by atoms with Gasteiger partial charge in [-0.2, -0.15) is 0 Å². The number of benzene rings is 2. The first-order chi connectivity index (χ1) is 10.1. The molecule has 2 aromatic carbocycles. The molecule has 21 heavy (non-hydrogen) atoms. The molecule has 1 aliphatic heterocycles. The maximum absolute atomic E-state index is 12.5. The Labute approximate surface area is 136 Å². The molecule has 0 saturated carbocycles. The van der Waals surface area contributed by atoms with Crippen LogP contribution in [0.4, 0.5) is 5.69 Å². The van der Waals surface area contributed by atoms with Gasteiger partial charge in [0.2, 0.25) is 0 Å². The van der Waals surface area contributed by atoms with E-state index < -0.39 is 0 Å². The monoisotopic (exact) mass is 358 g/mol. The van der Waals surface area contributed by atoms with Crippen molar-refractivity contribution in [2.24, 2.45) is 0 Å². The minimum Gasteiger partial charge on any atom is -0.327 e. The van der Waals surface area contributed by atoms with Gasteiger partial charge in [0.15, 0.2) is 5.11 Å². The molecule has 2 aromatic rings. The lowest BCUT2D eigenvalue weighted by molar-refractivity contribution is -0.113. The van der Waals surface area contributed by atoms with Crippen LogP contribution >= 0.6 is 28.1 Å². The molecule has 5 heteroatoms. The van der Waals surface area contributed by atoms with Crippen LogP contribution in [-0.2, 0) is 4.79 Å². The lowest BCUT2D eigenvalue weighted by Crippen LogP contribution is -2.30. The number of rotatable bonds is 2. The SMILES string of the molecule is O=C1/C(=C\c2ccc(Br)cc2)NC(=S)N1c1ccccc1. The van der Waals surface area contributed by atoms with Crippen molar-refractivity contribution >= 4 is 50.9 Å². The van der Waals surface area contributed by atoms with Gasteiger partial charge in [0.05, 0.1) is 5.69 Å². The molecule has 0 aromatic heterocycles. The van der Waals surface area contributed by atoms with Gasteiger partial charge in [0.1, 0.15) is 5.70 Å². The number of amides is 1. The van der Waals surface area contributed by atoms with Crippen molar-refractivity contribution in [1.29, 1.82) is 0 Å². The quantitative estimate of drug-likeness (QED) is 0.655. The van der Waals surface area contributed by atoms with Crippen LogP contribution in [0.5, 0.6) is 0 Å². The molecule has 0 aliphatic carbocycles. The van der Waals surface area contributed by atoms with Crippen LogP contribution in [0, 0.1) is 0 Å². The maximum Gasteiger partial charge on any atom is 0.281 e. The van der Waals surface area contributed by atoms with Crippen LogP contribution < -0.4 is 10.2 Å². The van der Waals surface area contributed by atoms with Crippen molar-refractivity contribution in [2.45, 2.75) is 0 Å². The first-order valence-corrected chi connectivity index (χ1v) is 7.53. The lowest BCUT2D eigenvalue weighted by atomic mass is 10.2. The first kappa shape index (κ1) is 14.0. The number of para-hydroxylation sites is 1. The highest BCUT2D eigenvalue weighted by Gasteiger charge is 2.31. The summed E-state index contributed by atoms with van der Waals surface area (Å²) in [7, 11) is 0. The van der Waals surface area contributed by atoms with Crippen molar-refractivity contribution < 1.29 is 4.79 Å². The van der Waals surface area contributed by atoms with Gasteiger partial charge < -0.3 is 5.32 Å². The predicted molar refractivity (Wildman–Crippen MR) is 91.8 cm³/mol. The van der Waals surface area contributed by atoms with Crippen LogP contribution in [0.15, 0.2) is 64.8 Å². The predicted octanol–water partition coefficient (Wildman–Crippen LogP) is 3.71. The number of carbonyl (C=O) groups excluding carboxylic acids is 1. The van der Waals surface area contributed by atoms with Crippen LogP contribution in [0.1, 0.15) is 5.56 Å². The van der Waals surface area contributed by atoms with Gasteiger partial charge in [0, 0.05) is 4.47 Å². The van der Waals surface area contributed by atoms with Crippen LogP contribution in [-0.4, -0.2) is 11.0 Å². The van der Waals surface area contributed by atoms with E-state index in [2.05, 4.69) is 21.2 Å². The van der Waals surface area contributed by atoms with Crippen LogP contribution in [0.3, 0.4) is 0 Å². The van der Waals surface area contributed by atoms with E-state index in [4.69, 9.17) is 12.2 Å². The summed E-state index contributed by atoms with van der Waals surface area (Å²) in [6, 6.07) is 17.1. The lowest BCUT2D eigenvalue weighted by Gasteiger charge is -2.13. The number of anilines is 1. The number of hydrogen-bond acceptors (Lipinski definition) is 2. The highest BCUT2D eigenvalue weighted by molar-refractivity contribution is 9.10. The Balaban J connectivity index is 1.92. The van der Waals surface area contributed by atoms with E-state index in [9.17, 15) is 4.79 Å². The molecule has 1 N–H and O–H groups in total. The van der Waals surface area contributed by atoms with Crippen molar-refractivity contribution in [1.82, 2.24) is 5.32 Å². The second-order valence-corrected chi connectivity index (χ2v) is 5.82. The summed E-state index contributed by atoms with van der Waals surface area (Å²) in [6.45, 7) is 0. The highest BCUT2D eigenvalue weighted by atomic mass is 79.9. The van der Waals surface area contributed by atoms with Gasteiger partial charge in [-0.25, -0.2) is 0 Å².